The molecule has 0 amide bonds. The number of aryl methyl sites for hydroxylation is 2. The largest absolute Gasteiger partial charge is 0.341 e. The Kier molecular flexibility index (Phi) is 3.66. The summed E-state index contributed by atoms with van der Waals surface area (Å²) in [6, 6.07) is 11.6. The van der Waals surface area contributed by atoms with E-state index in [1.54, 1.807) is 6.07 Å². The molecular weight excluding hydrogens is 273 g/mol. The van der Waals surface area contributed by atoms with E-state index in [4.69, 9.17) is 11.6 Å². The predicted octanol–water partition coefficient (Wildman–Crippen LogP) is 4.96. The summed E-state index contributed by atoms with van der Waals surface area (Å²) in [5.74, 6) is -0.0311. The van der Waals surface area contributed by atoms with Crippen molar-refractivity contribution in [2.24, 2.45) is 0 Å². The van der Waals surface area contributed by atoms with Gasteiger partial charge in [-0.25, -0.2) is 4.39 Å². The van der Waals surface area contributed by atoms with Crippen molar-refractivity contribution < 1.29 is 4.39 Å². The minimum atomic E-state index is -0.225. The van der Waals surface area contributed by atoms with Gasteiger partial charge in [0.2, 0.25) is 0 Å². The molecule has 0 aliphatic carbocycles. The van der Waals surface area contributed by atoms with Crippen molar-refractivity contribution in [3.63, 3.8) is 0 Å². The summed E-state index contributed by atoms with van der Waals surface area (Å²) in [5, 5.41) is 0. The lowest BCUT2D eigenvalue weighted by Crippen LogP contribution is -2.25. The van der Waals surface area contributed by atoms with Gasteiger partial charge in [-0.1, -0.05) is 23.8 Å². The van der Waals surface area contributed by atoms with E-state index in [1.807, 2.05) is 6.07 Å². The van der Waals surface area contributed by atoms with E-state index in [2.05, 4.69) is 30.0 Å². The second-order valence-corrected chi connectivity index (χ2v) is 5.53. The first-order valence-corrected chi connectivity index (χ1v) is 7.44. The summed E-state index contributed by atoms with van der Waals surface area (Å²) >= 11 is 5.94. The number of fused-ring (bicyclic) bond motifs is 1. The lowest BCUT2D eigenvalue weighted by atomic mass is 9.98. The van der Waals surface area contributed by atoms with E-state index in [1.165, 1.54) is 22.9 Å². The maximum atomic E-state index is 13.9. The first kappa shape index (κ1) is 13.4. The molecule has 0 atom stereocenters. The zero-order chi connectivity index (χ0) is 14.1. The molecule has 0 aromatic heterocycles. The lowest BCUT2D eigenvalue weighted by molar-refractivity contribution is 0.616. The van der Waals surface area contributed by atoms with Gasteiger partial charge in [-0.05, 0) is 43.5 Å². The molecule has 0 saturated carbocycles. The van der Waals surface area contributed by atoms with E-state index in [9.17, 15) is 4.39 Å². The molecule has 0 N–H and O–H groups in total. The maximum absolute atomic E-state index is 13.9. The Labute approximate surface area is 124 Å². The highest BCUT2D eigenvalue weighted by atomic mass is 35.5. The zero-order valence-electron chi connectivity index (χ0n) is 11.5. The van der Waals surface area contributed by atoms with Crippen LogP contribution in [0.4, 0.5) is 15.8 Å². The first-order valence-electron chi connectivity index (χ1n) is 6.91. The Hall–Kier alpha value is -1.54. The number of halogens is 2. The van der Waals surface area contributed by atoms with Crippen LogP contribution in [0.3, 0.4) is 0 Å². The molecule has 2 aromatic carbocycles. The highest BCUT2D eigenvalue weighted by Gasteiger charge is 2.21. The van der Waals surface area contributed by atoms with Crippen molar-refractivity contribution in [3.8, 4) is 0 Å². The highest BCUT2D eigenvalue weighted by Crippen LogP contribution is 2.36. The number of nitrogens with zero attached hydrogens (tertiary/aromatic N) is 1. The van der Waals surface area contributed by atoms with Crippen molar-refractivity contribution in [3.05, 3.63) is 58.9 Å². The quantitative estimate of drug-likeness (QED) is 0.707. The Bertz CT molecular complexity index is 639. The maximum Gasteiger partial charge on any atom is 0.129 e. The second kappa shape index (κ2) is 5.45. The molecule has 0 radical (unpaired) electrons. The van der Waals surface area contributed by atoms with Crippen molar-refractivity contribution in [2.45, 2.75) is 25.6 Å². The van der Waals surface area contributed by atoms with Gasteiger partial charge < -0.3 is 4.90 Å². The van der Waals surface area contributed by atoms with Gasteiger partial charge in [-0.15, -0.1) is 11.6 Å². The minimum Gasteiger partial charge on any atom is -0.341 e. The van der Waals surface area contributed by atoms with Crippen molar-refractivity contribution in [1.82, 2.24) is 0 Å². The molecule has 3 heteroatoms. The van der Waals surface area contributed by atoms with Gasteiger partial charge in [0.05, 0.1) is 5.88 Å². The summed E-state index contributed by atoms with van der Waals surface area (Å²) < 4.78 is 13.9. The number of alkyl halides is 1. The first-order chi connectivity index (χ1) is 9.70. The van der Waals surface area contributed by atoms with E-state index in [-0.39, 0.29) is 11.7 Å². The second-order valence-electron chi connectivity index (χ2n) is 5.26. The van der Waals surface area contributed by atoms with Gasteiger partial charge in [-0.2, -0.15) is 0 Å². The molecule has 0 saturated heterocycles. The Morgan fingerprint density at radius 3 is 2.85 bits per heavy atom. The van der Waals surface area contributed by atoms with Crippen molar-refractivity contribution >= 4 is 23.0 Å². The lowest BCUT2D eigenvalue weighted by Gasteiger charge is -2.33. The summed E-state index contributed by atoms with van der Waals surface area (Å²) in [6.07, 6.45) is 2.16. The minimum absolute atomic E-state index is 0.194. The standard InChI is InChI=1S/C17H17ClFN/c1-12-7-8-16-13(10-12)4-3-9-20(16)17-6-2-5-15(19)14(17)11-18/h2,5-8,10H,3-4,9,11H2,1H3. The van der Waals surface area contributed by atoms with Crippen LogP contribution < -0.4 is 4.90 Å². The summed E-state index contributed by atoms with van der Waals surface area (Å²) in [4.78, 5) is 2.19. The summed E-state index contributed by atoms with van der Waals surface area (Å²) in [6.45, 7) is 3.01. The Morgan fingerprint density at radius 1 is 1.20 bits per heavy atom. The third kappa shape index (κ3) is 2.29. The molecule has 20 heavy (non-hydrogen) atoms. The molecule has 2 aromatic rings. The van der Waals surface area contributed by atoms with Gasteiger partial charge in [0.25, 0.3) is 0 Å². The number of hydrogen-bond donors (Lipinski definition) is 0. The van der Waals surface area contributed by atoms with Crippen LogP contribution in [0.2, 0.25) is 0 Å². The van der Waals surface area contributed by atoms with Crippen LogP contribution in [-0.2, 0) is 12.3 Å². The third-order valence-corrected chi connectivity index (χ3v) is 4.14. The Balaban J connectivity index is 2.11. The molecule has 0 bridgehead atoms. The SMILES string of the molecule is Cc1ccc2c(c1)CCCN2c1cccc(F)c1CCl. The smallest absolute Gasteiger partial charge is 0.129 e. The topological polar surface area (TPSA) is 3.24 Å². The fourth-order valence-corrected chi connectivity index (χ4v) is 3.17. The number of rotatable bonds is 2. The molecule has 1 nitrogen and oxygen atoms in total. The Morgan fingerprint density at radius 2 is 2.05 bits per heavy atom. The summed E-state index contributed by atoms with van der Waals surface area (Å²) in [5.41, 5.74) is 5.26. The zero-order valence-corrected chi connectivity index (χ0v) is 12.3. The van der Waals surface area contributed by atoms with E-state index >= 15 is 0 Å². The van der Waals surface area contributed by atoms with Crippen molar-refractivity contribution in [1.29, 1.82) is 0 Å². The number of hydrogen-bond acceptors (Lipinski definition) is 1. The molecule has 104 valence electrons. The van der Waals surface area contributed by atoms with Gasteiger partial charge in [0.15, 0.2) is 0 Å². The third-order valence-electron chi connectivity index (χ3n) is 3.87. The van der Waals surface area contributed by atoms with Gasteiger partial charge in [0.1, 0.15) is 5.82 Å². The van der Waals surface area contributed by atoms with Crippen molar-refractivity contribution in [2.75, 3.05) is 11.4 Å². The average Bonchev–Trinajstić information content (AvgIpc) is 2.46. The molecule has 0 fully saturated rings. The van der Waals surface area contributed by atoms with Gasteiger partial charge >= 0.3 is 0 Å². The van der Waals surface area contributed by atoms with Crippen LogP contribution in [0, 0.1) is 12.7 Å². The normalized spacial score (nSPS) is 14.2. The summed E-state index contributed by atoms with van der Waals surface area (Å²) in [7, 11) is 0. The molecular formula is C17H17ClFN. The highest BCUT2D eigenvalue weighted by molar-refractivity contribution is 6.17. The van der Waals surface area contributed by atoms with Crippen LogP contribution in [0.25, 0.3) is 0 Å². The number of benzene rings is 2. The fourth-order valence-electron chi connectivity index (χ4n) is 2.91. The van der Waals surface area contributed by atoms with Crippen LogP contribution in [0.1, 0.15) is 23.1 Å². The van der Waals surface area contributed by atoms with E-state index in [0.717, 1.165) is 25.1 Å². The fraction of sp³-hybridized carbons (Fsp3) is 0.294. The molecule has 3 rings (SSSR count). The van der Waals surface area contributed by atoms with Crippen LogP contribution in [-0.4, -0.2) is 6.54 Å². The molecule has 0 unspecified atom stereocenters. The predicted molar refractivity (Wildman–Crippen MR) is 82.5 cm³/mol. The molecule has 0 spiro atoms. The van der Waals surface area contributed by atoms with E-state index in [0.29, 0.717) is 5.56 Å². The van der Waals surface area contributed by atoms with Crippen LogP contribution in [0.15, 0.2) is 36.4 Å². The average molecular weight is 290 g/mol. The van der Waals surface area contributed by atoms with E-state index < -0.39 is 0 Å². The molecule has 1 aliphatic heterocycles. The molecule has 1 aliphatic rings. The van der Waals surface area contributed by atoms with Crippen LogP contribution >= 0.6 is 11.6 Å². The van der Waals surface area contributed by atoms with Crippen LogP contribution in [0.5, 0.6) is 0 Å². The monoisotopic (exact) mass is 289 g/mol. The number of anilines is 2. The van der Waals surface area contributed by atoms with Gasteiger partial charge in [-0.3, -0.25) is 0 Å². The molecule has 1 heterocycles. The van der Waals surface area contributed by atoms with Gasteiger partial charge in [0, 0.05) is 23.5 Å².